The number of nitrogens with two attached hydrogens (primary N) is 2. The second-order valence-electron chi connectivity index (χ2n) is 4.32. The summed E-state index contributed by atoms with van der Waals surface area (Å²) in [6.07, 6.45) is -0.172. The maximum Gasteiger partial charge on any atom is 0.239 e. The summed E-state index contributed by atoms with van der Waals surface area (Å²) in [5, 5.41) is 0.506. The molecule has 0 fully saturated rings. The maximum absolute atomic E-state index is 11.8. The number of ether oxygens (including phenoxy) is 1. The van der Waals surface area contributed by atoms with E-state index in [1.54, 1.807) is 31.3 Å². The van der Waals surface area contributed by atoms with Crippen molar-refractivity contribution in [3.8, 4) is 5.75 Å². The van der Waals surface area contributed by atoms with Gasteiger partial charge in [0.2, 0.25) is 11.8 Å². The SMILES string of the molecule is CN(CCOc1ccccc1Cl)C(=O)C(N)CC(N)=O.Cl. The zero-order valence-electron chi connectivity index (χ0n) is 11.6. The number of para-hydroxylation sites is 1. The quantitative estimate of drug-likeness (QED) is 0.769. The molecule has 1 unspecified atom stereocenters. The molecule has 1 atom stereocenters. The third kappa shape index (κ3) is 6.66. The fourth-order valence-electron chi connectivity index (χ4n) is 1.55. The van der Waals surface area contributed by atoms with Crippen molar-refractivity contribution >= 4 is 35.8 Å². The van der Waals surface area contributed by atoms with Crippen LogP contribution < -0.4 is 16.2 Å². The van der Waals surface area contributed by atoms with Gasteiger partial charge in [-0.15, -0.1) is 12.4 Å². The molecule has 0 saturated heterocycles. The molecule has 0 heterocycles. The number of carbonyl (C=O) groups excluding carboxylic acids is 2. The summed E-state index contributed by atoms with van der Waals surface area (Å²) in [5.74, 6) is -0.408. The van der Waals surface area contributed by atoms with Crippen molar-refractivity contribution in [2.24, 2.45) is 11.5 Å². The van der Waals surface area contributed by atoms with Gasteiger partial charge in [-0.25, -0.2) is 0 Å². The minimum atomic E-state index is -0.919. The average Bonchev–Trinajstić information content (AvgIpc) is 2.39. The summed E-state index contributed by atoms with van der Waals surface area (Å²) < 4.78 is 5.46. The highest BCUT2D eigenvalue weighted by molar-refractivity contribution is 6.32. The zero-order chi connectivity index (χ0) is 15.1. The van der Waals surface area contributed by atoms with Gasteiger partial charge < -0.3 is 21.1 Å². The molecule has 6 nitrogen and oxygen atoms in total. The van der Waals surface area contributed by atoms with Crippen molar-refractivity contribution in [1.29, 1.82) is 0 Å². The predicted molar refractivity (Wildman–Crippen MR) is 83.6 cm³/mol. The smallest absolute Gasteiger partial charge is 0.239 e. The predicted octanol–water partition coefficient (Wildman–Crippen LogP) is 0.802. The number of nitrogens with zero attached hydrogens (tertiary/aromatic N) is 1. The van der Waals surface area contributed by atoms with Crippen LogP contribution in [0, 0.1) is 0 Å². The van der Waals surface area contributed by atoms with Crippen LogP contribution in [0.15, 0.2) is 24.3 Å². The second-order valence-corrected chi connectivity index (χ2v) is 4.72. The molecule has 0 aliphatic heterocycles. The zero-order valence-corrected chi connectivity index (χ0v) is 13.2. The molecular weight excluding hydrogens is 317 g/mol. The Balaban J connectivity index is 0.00000400. The normalized spacial score (nSPS) is 11.2. The van der Waals surface area contributed by atoms with E-state index in [2.05, 4.69) is 0 Å². The molecule has 2 amide bonds. The first-order valence-electron chi connectivity index (χ1n) is 6.08. The van der Waals surface area contributed by atoms with Crippen LogP contribution in [0.1, 0.15) is 6.42 Å². The fraction of sp³-hybridized carbons (Fsp3) is 0.385. The number of carbonyl (C=O) groups is 2. The molecule has 1 aromatic carbocycles. The van der Waals surface area contributed by atoms with Gasteiger partial charge in [-0.1, -0.05) is 23.7 Å². The van der Waals surface area contributed by atoms with Crippen LogP contribution in [-0.2, 0) is 9.59 Å². The molecule has 0 saturated carbocycles. The number of rotatable bonds is 7. The Labute approximate surface area is 134 Å². The number of likely N-dealkylation sites (N-methyl/N-ethyl adjacent to an activating group) is 1. The van der Waals surface area contributed by atoms with Gasteiger partial charge in [0.15, 0.2) is 0 Å². The summed E-state index contributed by atoms with van der Waals surface area (Å²) in [7, 11) is 1.58. The highest BCUT2D eigenvalue weighted by Crippen LogP contribution is 2.22. The summed E-state index contributed by atoms with van der Waals surface area (Å²) >= 11 is 5.93. The average molecular weight is 336 g/mol. The van der Waals surface area contributed by atoms with Crippen LogP contribution in [0.2, 0.25) is 5.02 Å². The Morgan fingerprint density at radius 3 is 2.57 bits per heavy atom. The molecule has 1 aromatic rings. The van der Waals surface area contributed by atoms with Crippen molar-refractivity contribution in [2.75, 3.05) is 20.2 Å². The van der Waals surface area contributed by atoms with Gasteiger partial charge in [-0.05, 0) is 12.1 Å². The molecule has 1 rings (SSSR count). The number of benzene rings is 1. The van der Waals surface area contributed by atoms with E-state index in [0.717, 1.165) is 0 Å². The van der Waals surface area contributed by atoms with Crippen molar-refractivity contribution in [3.05, 3.63) is 29.3 Å². The van der Waals surface area contributed by atoms with E-state index < -0.39 is 11.9 Å². The van der Waals surface area contributed by atoms with Crippen molar-refractivity contribution in [1.82, 2.24) is 4.90 Å². The Bertz CT molecular complexity index is 485. The van der Waals surface area contributed by atoms with E-state index in [1.807, 2.05) is 0 Å². The lowest BCUT2D eigenvalue weighted by Crippen LogP contribution is -2.45. The number of amides is 2. The number of halogens is 2. The first-order valence-corrected chi connectivity index (χ1v) is 6.45. The maximum atomic E-state index is 11.8. The topological polar surface area (TPSA) is 98.7 Å². The lowest BCUT2D eigenvalue weighted by molar-refractivity contribution is -0.133. The summed E-state index contributed by atoms with van der Waals surface area (Å²) in [6.45, 7) is 0.603. The number of hydrogen-bond donors (Lipinski definition) is 2. The third-order valence-electron chi connectivity index (χ3n) is 2.64. The van der Waals surface area contributed by atoms with Gasteiger partial charge in [0.25, 0.3) is 0 Å². The molecule has 4 N–H and O–H groups in total. The molecule has 0 radical (unpaired) electrons. The van der Waals surface area contributed by atoms with Crippen LogP contribution in [0.25, 0.3) is 0 Å². The first-order chi connectivity index (χ1) is 9.41. The molecule has 118 valence electrons. The molecule has 0 aliphatic rings. The van der Waals surface area contributed by atoms with Gasteiger partial charge in [0.1, 0.15) is 12.4 Å². The van der Waals surface area contributed by atoms with Gasteiger partial charge in [-0.3, -0.25) is 9.59 Å². The Hall–Kier alpha value is -1.50. The van der Waals surface area contributed by atoms with Gasteiger partial charge in [-0.2, -0.15) is 0 Å². The van der Waals surface area contributed by atoms with Crippen molar-refractivity contribution in [2.45, 2.75) is 12.5 Å². The third-order valence-corrected chi connectivity index (χ3v) is 2.95. The second kappa shape index (κ2) is 9.44. The van der Waals surface area contributed by atoms with Crippen molar-refractivity contribution in [3.63, 3.8) is 0 Å². The fourth-order valence-corrected chi connectivity index (χ4v) is 1.74. The van der Waals surface area contributed by atoms with Gasteiger partial charge in [0.05, 0.1) is 24.0 Å². The minimum absolute atomic E-state index is 0. The molecule has 0 aliphatic carbocycles. The monoisotopic (exact) mass is 335 g/mol. The molecule has 8 heteroatoms. The number of primary amides is 1. The van der Waals surface area contributed by atoms with E-state index >= 15 is 0 Å². The minimum Gasteiger partial charge on any atom is -0.490 e. The Kier molecular flexibility index (Phi) is 8.76. The molecular formula is C13H19Cl2N3O3. The van der Waals surface area contributed by atoms with E-state index in [-0.39, 0.29) is 31.3 Å². The van der Waals surface area contributed by atoms with Crippen molar-refractivity contribution < 1.29 is 14.3 Å². The summed E-state index contributed by atoms with van der Waals surface area (Å²) in [4.78, 5) is 23.9. The van der Waals surface area contributed by atoms with Gasteiger partial charge in [0, 0.05) is 7.05 Å². The molecule has 21 heavy (non-hydrogen) atoms. The van der Waals surface area contributed by atoms with E-state index in [1.165, 1.54) is 4.90 Å². The lowest BCUT2D eigenvalue weighted by atomic mass is 10.2. The van der Waals surface area contributed by atoms with Crippen LogP contribution in [0.3, 0.4) is 0 Å². The molecule has 0 aromatic heterocycles. The van der Waals surface area contributed by atoms with Crippen LogP contribution >= 0.6 is 24.0 Å². The highest BCUT2D eigenvalue weighted by atomic mass is 35.5. The standard InChI is InChI=1S/C13H18ClN3O3.ClH/c1-17(13(19)10(15)8-12(16)18)6-7-20-11-5-3-2-4-9(11)14;/h2-5,10H,6-8,15H2,1H3,(H2,16,18);1H. The van der Waals surface area contributed by atoms with E-state index in [9.17, 15) is 9.59 Å². The van der Waals surface area contributed by atoms with E-state index in [4.69, 9.17) is 27.8 Å². The Morgan fingerprint density at radius 2 is 2.00 bits per heavy atom. The Morgan fingerprint density at radius 1 is 1.38 bits per heavy atom. The summed E-state index contributed by atoms with van der Waals surface area (Å²) in [6, 6.07) is 6.14. The van der Waals surface area contributed by atoms with Gasteiger partial charge >= 0.3 is 0 Å². The van der Waals surface area contributed by atoms with E-state index in [0.29, 0.717) is 17.3 Å². The summed E-state index contributed by atoms with van der Waals surface area (Å²) in [5.41, 5.74) is 10.6. The molecule has 0 bridgehead atoms. The number of hydrogen-bond acceptors (Lipinski definition) is 4. The van der Waals surface area contributed by atoms with Crippen LogP contribution in [-0.4, -0.2) is 43.0 Å². The highest BCUT2D eigenvalue weighted by Gasteiger charge is 2.19. The largest absolute Gasteiger partial charge is 0.490 e. The first kappa shape index (κ1) is 19.5. The van der Waals surface area contributed by atoms with Crippen LogP contribution in [0.5, 0.6) is 5.75 Å². The molecule has 0 spiro atoms. The lowest BCUT2D eigenvalue weighted by Gasteiger charge is -2.20. The van der Waals surface area contributed by atoms with Crippen LogP contribution in [0.4, 0.5) is 0 Å².